The van der Waals surface area contributed by atoms with Gasteiger partial charge in [0, 0.05) is 24.2 Å². The predicted molar refractivity (Wildman–Crippen MR) is 81.3 cm³/mol. The summed E-state index contributed by atoms with van der Waals surface area (Å²) in [6, 6.07) is 0.129. The Hall–Kier alpha value is -1.82. The molecule has 2 aromatic rings. The van der Waals surface area contributed by atoms with E-state index in [2.05, 4.69) is 22.4 Å². The van der Waals surface area contributed by atoms with Crippen LogP contribution < -0.4 is 11.1 Å². The van der Waals surface area contributed by atoms with Crippen molar-refractivity contribution in [1.82, 2.24) is 10.2 Å². The van der Waals surface area contributed by atoms with E-state index in [0.717, 1.165) is 29.0 Å². The van der Waals surface area contributed by atoms with Crippen LogP contribution >= 0.6 is 11.3 Å². The van der Waals surface area contributed by atoms with Gasteiger partial charge in [0.2, 0.25) is 0 Å². The number of carbonyl (C=O) groups excluding carboxylic acids is 1. The first-order chi connectivity index (χ1) is 9.58. The van der Waals surface area contributed by atoms with E-state index in [-0.39, 0.29) is 11.8 Å². The molecule has 1 saturated carbocycles. The lowest BCUT2D eigenvalue weighted by molar-refractivity contribution is 0.102. The molecule has 0 saturated heterocycles. The molecule has 1 aliphatic carbocycles. The fourth-order valence-electron chi connectivity index (χ4n) is 2.38. The molecule has 20 heavy (non-hydrogen) atoms. The molecule has 5 nitrogen and oxygen atoms in total. The summed E-state index contributed by atoms with van der Waals surface area (Å²) in [6.07, 6.45) is 5.99. The number of thiophene rings is 1. The van der Waals surface area contributed by atoms with Crippen LogP contribution in [0.1, 0.15) is 59.4 Å². The largest absolute Gasteiger partial charge is 0.397 e. The van der Waals surface area contributed by atoms with Crippen molar-refractivity contribution in [2.24, 2.45) is 0 Å². The molecular formula is C14H18N4OS. The van der Waals surface area contributed by atoms with Gasteiger partial charge in [0.25, 0.3) is 0 Å². The number of Topliss-reactive ketones (excluding diaryl/α,β-unsaturated/α-hetero) is 1. The molecule has 1 fully saturated rings. The molecule has 0 aromatic carbocycles. The van der Waals surface area contributed by atoms with Crippen molar-refractivity contribution in [2.45, 2.75) is 38.6 Å². The fraction of sp³-hybridized carbons (Fsp3) is 0.429. The Labute approximate surface area is 121 Å². The molecule has 106 valence electrons. The number of H-pyrrole nitrogens is 1. The highest BCUT2D eigenvalue weighted by atomic mass is 32.1. The number of carbonyl (C=O) groups is 1. The van der Waals surface area contributed by atoms with Crippen LogP contribution in [-0.2, 0) is 0 Å². The van der Waals surface area contributed by atoms with E-state index >= 15 is 0 Å². The number of aromatic nitrogens is 2. The van der Waals surface area contributed by atoms with E-state index in [1.54, 1.807) is 13.1 Å². The van der Waals surface area contributed by atoms with Crippen molar-refractivity contribution in [1.29, 1.82) is 0 Å². The maximum absolute atomic E-state index is 11.7. The standard InChI is InChI=1S/C14H18N4OS/c1-7(10-5-16-17-6-10)18-14-11(9-3-4-9)12(15)13(20-14)8(2)19/h5-7,9,18H,3-4,15H2,1-2H3,(H,16,17). The summed E-state index contributed by atoms with van der Waals surface area (Å²) in [4.78, 5) is 12.4. The molecule has 3 rings (SSSR count). The zero-order chi connectivity index (χ0) is 14.3. The van der Waals surface area contributed by atoms with Crippen molar-refractivity contribution in [3.8, 4) is 0 Å². The molecule has 2 heterocycles. The van der Waals surface area contributed by atoms with Crippen LogP contribution in [0.25, 0.3) is 0 Å². The molecule has 0 bridgehead atoms. The molecule has 0 spiro atoms. The smallest absolute Gasteiger partial charge is 0.171 e. The average molecular weight is 290 g/mol. The van der Waals surface area contributed by atoms with Gasteiger partial charge in [-0.05, 0) is 25.7 Å². The number of nitrogens with zero attached hydrogens (tertiary/aromatic N) is 1. The lowest BCUT2D eigenvalue weighted by Gasteiger charge is -2.13. The van der Waals surface area contributed by atoms with Gasteiger partial charge in [0.1, 0.15) is 0 Å². The summed E-state index contributed by atoms with van der Waals surface area (Å²) < 4.78 is 0. The highest BCUT2D eigenvalue weighted by Crippen LogP contribution is 2.51. The Bertz CT molecular complexity index is 628. The molecule has 0 amide bonds. The molecule has 1 atom stereocenters. The first-order valence-electron chi connectivity index (χ1n) is 6.76. The second-order valence-electron chi connectivity index (χ2n) is 5.32. The number of nitrogens with one attached hydrogen (secondary N) is 2. The minimum Gasteiger partial charge on any atom is -0.397 e. The van der Waals surface area contributed by atoms with Gasteiger partial charge in [-0.3, -0.25) is 9.89 Å². The predicted octanol–water partition coefficient (Wildman–Crippen LogP) is 3.31. The molecular weight excluding hydrogens is 272 g/mol. The number of hydrogen-bond donors (Lipinski definition) is 3. The first-order valence-corrected chi connectivity index (χ1v) is 7.58. The van der Waals surface area contributed by atoms with Gasteiger partial charge in [0.05, 0.1) is 27.8 Å². The monoisotopic (exact) mass is 290 g/mol. The van der Waals surface area contributed by atoms with Crippen LogP contribution in [0.3, 0.4) is 0 Å². The summed E-state index contributed by atoms with van der Waals surface area (Å²) in [5, 5.41) is 11.3. The SMILES string of the molecule is CC(=O)c1sc(NC(C)c2cn[nH]c2)c(C2CC2)c1N. The normalized spacial score (nSPS) is 16.1. The van der Waals surface area contributed by atoms with Gasteiger partial charge in [-0.2, -0.15) is 5.10 Å². The number of rotatable bonds is 5. The van der Waals surface area contributed by atoms with Crippen LogP contribution in [0.5, 0.6) is 0 Å². The highest BCUT2D eigenvalue weighted by Gasteiger charge is 2.32. The second-order valence-corrected chi connectivity index (χ2v) is 6.34. The molecule has 0 aliphatic heterocycles. The van der Waals surface area contributed by atoms with Gasteiger partial charge >= 0.3 is 0 Å². The molecule has 1 unspecified atom stereocenters. The van der Waals surface area contributed by atoms with E-state index in [0.29, 0.717) is 16.5 Å². The lowest BCUT2D eigenvalue weighted by Crippen LogP contribution is -2.06. The third-order valence-electron chi connectivity index (χ3n) is 3.66. The zero-order valence-corrected chi connectivity index (χ0v) is 12.4. The molecule has 6 heteroatoms. The van der Waals surface area contributed by atoms with Crippen LogP contribution in [0.4, 0.5) is 10.7 Å². The summed E-state index contributed by atoms with van der Waals surface area (Å²) in [5.41, 5.74) is 9.07. The molecule has 4 N–H and O–H groups in total. The van der Waals surface area contributed by atoms with Gasteiger partial charge in [0.15, 0.2) is 5.78 Å². The van der Waals surface area contributed by atoms with Crippen molar-refractivity contribution in [3.63, 3.8) is 0 Å². The Morgan fingerprint density at radius 3 is 2.90 bits per heavy atom. The van der Waals surface area contributed by atoms with E-state index in [4.69, 9.17) is 5.73 Å². The summed E-state index contributed by atoms with van der Waals surface area (Å²) >= 11 is 1.47. The van der Waals surface area contributed by atoms with Gasteiger partial charge in [-0.1, -0.05) is 0 Å². The number of ketones is 1. The topological polar surface area (TPSA) is 83.8 Å². The van der Waals surface area contributed by atoms with Gasteiger partial charge in [-0.15, -0.1) is 11.3 Å². The minimum atomic E-state index is 0.0402. The zero-order valence-electron chi connectivity index (χ0n) is 11.6. The summed E-state index contributed by atoms with van der Waals surface area (Å²) in [6.45, 7) is 3.65. The van der Waals surface area contributed by atoms with Crippen molar-refractivity contribution < 1.29 is 4.79 Å². The minimum absolute atomic E-state index is 0.0402. The number of aromatic amines is 1. The third kappa shape index (κ3) is 2.31. The van der Waals surface area contributed by atoms with E-state index in [1.165, 1.54) is 11.3 Å². The van der Waals surface area contributed by atoms with Crippen molar-refractivity contribution >= 4 is 27.8 Å². The van der Waals surface area contributed by atoms with Crippen molar-refractivity contribution in [2.75, 3.05) is 11.1 Å². The van der Waals surface area contributed by atoms with Crippen LogP contribution in [-0.4, -0.2) is 16.0 Å². The summed E-state index contributed by atoms with van der Waals surface area (Å²) in [7, 11) is 0. The lowest BCUT2D eigenvalue weighted by atomic mass is 10.1. The number of anilines is 2. The van der Waals surface area contributed by atoms with E-state index in [1.807, 2.05) is 6.20 Å². The van der Waals surface area contributed by atoms with Crippen LogP contribution in [0.2, 0.25) is 0 Å². The van der Waals surface area contributed by atoms with Crippen LogP contribution in [0, 0.1) is 0 Å². The van der Waals surface area contributed by atoms with Crippen molar-refractivity contribution in [3.05, 3.63) is 28.4 Å². The maximum Gasteiger partial charge on any atom is 0.171 e. The Morgan fingerprint density at radius 2 is 2.35 bits per heavy atom. The Kier molecular flexibility index (Phi) is 3.25. The molecule has 1 aliphatic rings. The molecule has 2 aromatic heterocycles. The Balaban J connectivity index is 1.92. The average Bonchev–Trinajstić information content (AvgIpc) is 2.97. The third-order valence-corrected chi connectivity index (χ3v) is 4.91. The second kappa shape index (κ2) is 4.94. The van der Waals surface area contributed by atoms with Gasteiger partial charge in [-0.25, -0.2) is 0 Å². The Morgan fingerprint density at radius 1 is 1.60 bits per heavy atom. The molecule has 0 radical (unpaired) electrons. The van der Waals surface area contributed by atoms with Crippen LogP contribution in [0.15, 0.2) is 12.4 Å². The summed E-state index contributed by atoms with van der Waals surface area (Å²) in [5.74, 6) is 0.553. The quantitative estimate of drug-likeness (QED) is 0.738. The fourth-order valence-corrected chi connectivity index (χ4v) is 3.57. The van der Waals surface area contributed by atoms with E-state index in [9.17, 15) is 4.79 Å². The number of hydrogen-bond acceptors (Lipinski definition) is 5. The highest BCUT2D eigenvalue weighted by molar-refractivity contribution is 7.18. The maximum atomic E-state index is 11.7. The number of nitrogen functional groups attached to an aromatic ring is 1. The van der Waals surface area contributed by atoms with Gasteiger partial charge < -0.3 is 11.1 Å². The number of nitrogens with two attached hydrogens (primary N) is 1. The van der Waals surface area contributed by atoms with E-state index < -0.39 is 0 Å². The first kappa shape index (κ1) is 13.2.